The Bertz CT molecular complexity index is 1630. The van der Waals surface area contributed by atoms with Gasteiger partial charge in [0.25, 0.3) is 11.8 Å². The Labute approximate surface area is 249 Å². The number of amides is 4. The van der Waals surface area contributed by atoms with E-state index in [-0.39, 0.29) is 30.7 Å². The van der Waals surface area contributed by atoms with Gasteiger partial charge in [-0.15, -0.1) is 0 Å². The van der Waals surface area contributed by atoms with Crippen molar-refractivity contribution in [3.63, 3.8) is 0 Å². The lowest BCUT2D eigenvalue weighted by Crippen LogP contribution is -2.52. The average molecular weight is 580 g/mol. The fraction of sp³-hybridized carbons (Fsp3) is 0.364. The van der Waals surface area contributed by atoms with E-state index in [1.165, 1.54) is 4.90 Å². The molecule has 0 radical (unpaired) electrons. The van der Waals surface area contributed by atoms with E-state index in [4.69, 9.17) is 0 Å². The highest BCUT2D eigenvalue weighted by molar-refractivity contribution is 6.08. The summed E-state index contributed by atoms with van der Waals surface area (Å²) in [4.78, 5) is 60.3. The van der Waals surface area contributed by atoms with Crippen LogP contribution in [0.15, 0.2) is 60.8 Å². The number of pyridine rings is 1. The van der Waals surface area contributed by atoms with Gasteiger partial charge in [-0.2, -0.15) is 0 Å². The minimum Gasteiger partial charge on any atom is -0.385 e. The highest BCUT2D eigenvalue weighted by atomic mass is 16.3. The Balaban J connectivity index is 1.02. The minimum atomic E-state index is -1.02. The highest BCUT2D eigenvalue weighted by Crippen LogP contribution is 2.37. The predicted octanol–water partition coefficient (Wildman–Crippen LogP) is 2.53. The maximum atomic E-state index is 13.3. The van der Waals surface area contributed by atoms with Gasteiger partial charge in [0, 0.05) is 56.5 Å². The van der Waals surface area contributed by atoms with E-state index >= 15 is 0 Å². The van der Waals surface area contributed by atoms with Crippen molar-refractivity contribution < 1.29 is 24.3 Å². The molecule has 2 saturated heterocycles. The maximum absolute atomic E-state index is 13.3. The van der Waals surface area contributed by atoms with Crippen LogP contribution in [0.3, 0.4) is 0 Å². The number of anilines is 1. The van der Waals surface area contributed by atoms with Gasteiger partial charge in [0.2, 0.25) is 11.8 Å². The number of aromatic nitrogens is 1. The Morgan fingerprint density at radius 1 is 0.907 bits per heavy atom. The van der Waals surface area contributed by atoms with Crippen molar-refractivity contribution in [3.05, 3.63) is 94.2 Å². The van der Waals surface area contributed by atoms with E-state index in [1.54, 1.807) is 17.2 Å². The first kappa shape index (κ1) is 27.4. The van der Waals surface area contributed by atoms with Gasteiger partial charge in [-0.1, -0.05) is 30.3 Å². The smallest absolute Gasteiger partial charge is 0.259 e. The van der Waals surface area contributed by atoms with Crippen molar-refractivity contribution >= 4 is 29.4 Å². The number of piperidine rings is 2. The quantitative estimate of drug-likeness (QED) is 0.446. The lowest BCUT2D eigenvalue weighted by Gasteiger charge is -2.39. The molecule has 2 N–H and O–H groups in total. The number of rotatable bonds is 5. The number of nitrogens with zero attached hydrogens (tertiary/aromatic N) is 4. The third-order valence-corrected chi connectivity index (χ3v) is 9.40. The molecule has 0 aliphatic carbocycles. The molecule has 0 bridgehead atoms. The van der Waals surface area contributed by atoms with Crippen LogP contribution in [-0.2, 0) is 34.7 Å². The molecule has 10 heteroatoms. The van der Waals surface area contributed by atoms with E-state index in [0.29, 0.717) is 56.8 Å². The van der Waals surface area contributed by atoms with Crippen molar-refractivity contribution in [1.82, 2.24) is 20.1 Å². The van der Waals surface area contributed by atoms with Crippen LogP contribution in [0.25, 0.3) is 0 Å². The van der Waals surface area contributed by atoms with Crippen LogP contribution >= 0.6 is 0 Å². The van der Waals surface area contributed by atoms with Crippen molar-refractivity contribution in [3.8, 4) is 0 Å². The summed E-state index contributed by atoms with van der Waals surface area (Å²) < 4.78 is 0. The van der Waals surface area contributed by atoms with Gasteiger partial charge < -0.3 is 10.0 Å². The van der Waals surface area contributed by atoms with Crippen molar-refractivity contribution in [2.24, 2.45) is 0 Å². The zero-order valence-electron chi connectivity index (χ0n) is 23.8. The largest absolute Gasteiger partial charge is 0.385 e. The summed E-state index contributed by atoms with van der Waals surface area (Å²) in [5, 5.41) is 14.0. The van der Waals surface area contributed by atoms with Crippen molar-refractivity contribution in [2.75, 3.05) is 24.5 Å². The molecule has 43 heavy (non-hydrogen) atoms. The zero-order valence-corrected chi connectivity index (χ0v) is 23.8. The molecule has 7 rings (SSSR count). The van der Waals surface area contributed by atoms with E-state index in [1.807, 2.05) is 42.5 Å². The summed E-state index contributed by atoms with van der Waals surface area (Å²) in [6, 6.07) is 16.3. The SMILES string of the molecule is O=C1CCC(N2Cc3cc(C4(O)CCN(Cc5cccc6c5CCN(c5ccccn5)C6=O)CC4)ccc3C2=O)C(=O)N1. The number of nitrogens with one attached hydrogen (secondary N) is 1. The van der Waals surface area contributed by atoms with Gasteiger partial charge in [0.05, 0.1) is 5.60 Å². The summed E-state index contributed by atoms with van der Waals surface area (Å²) in [6.07, 6.45) is 4.07. The predicted molar refractivity (Wildman–Crippen MR) is 157 cm³/mol. The molecule has 4 aliphatic heterocycles. The molecule has 1 atom stereocenters. The van der Waals surface area contributed by atoms with Crippen LogP contribution in [0, 0.1) is 0 Å². The number of carbonyl (C=O) groups is 4. The van der Waals surface area contributed by atoms with E-state index in [0.717, 1.165) is 34.2 Å². The summed E-state index contributed by atoms with van der Waals surface area (Å²) in [6.45, 7) is 2.95. The normalized spacial score (nSPS) is 21.9. The number of carbonyl (C=O) groups excluding carboxylic acids is 4. The molecule has 5 heterocycles. The van der Waals surface area contributed by atoms with E-state index < -0.39 is 17.6 Å². The third-order valence-electron chi connectivity index (χ3n) is 9.40. The summed E-state index contributed by atoms with van der Waals surface area (Å²) >= 11 is 0. The monoisotopic (exact) mass is 579 g/mol. The maximum Gasteiger partial charge on any atom is 0.259 e. The third kappa shape index (κ3) is 4.90. The molecule has 0 spiro atoms. The standard InChI is InChI=1S/C33H33N5O5/c39-29-10-9-27(30(40)35-29)38-20-22-18-23(7-8-25(22)31(38)41)33(43)12-16-36(17-13-33)19-21-4-3-5-26-24(21)11-15-37(32(26)42)28-6-1-2-14-34-28/h1-8,14,18,27,43H,9-13,15-17,19-20H2,(H,35,39,40). The lowest BCUT2D eigenvalue weighted by molar-refractivity contribution is -0.136. The highest BCUT2D eigenvalue weighted by Gasteiger charge is 2.41. The van der Waals surface area contributed by atoms with Gasteiger partial charge in [-0.3, -0.25) is 34.3 Å². The Morgan fingerprint density at radius 2 is 1.74 bits per heavy atom. The fourth-order valence-corrected chi connectivity index (χ4v) is 6.96. The first-order valence-corrected chi connectivity index (χ1v) is 14.9. The Hall–Kier alpha value is -4.41. The summed E-state index contributed by atoms with van der Waals surface area (Å²) in [5.74, 6) is -0.322. The molecule has 2 fully saturated rings. The molecular formula is C33H33N5O5. The van der Waals surface area contributed by atoms with E-state index in [9.17, 15) is 24.3 Å². The van der Waals surface area contributed by atoms with Crippen molar-refractivity contribution in [2.45, 2.75) is 56.8 Å². The second-order valence-corrected chi connectivity index (χ2v) is 11.9. The Kier molecular flexibility index (Phi) is 6.82. The van der Waals surface area contributed by atoms with Crippen LogP contribution < -0.4 is 10.2 Å². The summed E-state index contributed by atoms with van der Waals surface area (Å²) in [5.41, 5.74) is 4.04. The molecule has 4 aliphatic rings. The van der Waals surface area contributed by atoms with E-state index in [2.05, 4.69) is 21.3 Å². The number of aliphatic hydroxyl groups is 1. The average Bonchev–Trinajstić information content (AvgIpc) is 3.34. The molecule has 3 aromatic rings. The minimum absolute atomic E-state index is 0.0268. The molecule has 4 amide bonds. The molecule has 220 valence electrons. The Morgan fingerprint density at radius 3 is 2.51 bits per heavy atom. The topological polar surface area (TPSA) is 123 Å². The lowest BCUT2D eigenvalue weighted by atomic mass is 9.83. The number of hydrogen-bond acceptors (Lipinski definition) is 7. The number of fused-ring (bicyclic) bond motifs is 2. The number of imide groups is 1. The summed E-state index contributed by atoms with van der Waals surface area (Å²) in [7, 11) is 0. The molecule has 10 nitrogen and oxygen atoms in total. The zero-order chi connectivity index (χ0) is 29.7. The van der Waals surface area contributed by atoms with Gasteiger partial charge in [0.15, 0.2) is 0 Å². The van der Waals surface area contributed by atoms with Gasteiger partial charge in [0.1, 0.15) is 11.9 Å². The molecule has 1 aromatic heterocycles. The van der Waals surface area contributed by atoms with Crippen LogP contribution in [0.4, 0.5) is 5.82 Å². The van der Waals surface area contributed by atoms with Gasteiger partial charge in [-0.05, 0) is 72.2 Å². The molecular weight excluding hydrogens is 546 g/mol. The molecule has 0 saturated carbocycles. The first-order chi connectivity index (χ1) is 20.8. The molecule has 1 unspecified atom stereocenters. The first-order valence-electron chi connectivity index (χ1n) is 14.9. The second kappa shape index (κ2) is 10.7. The number of hydrogen-bond donors (Lipinski definition) is 2. The van der Waals surface area contributed by atoms with Crippen molar-refractivity contribution in [1.29, 1.82) is 0 Å². The van der Waals surface area contributed by atoms with Crippen LogP contribution in [-0.4, -0.2) is 69.2 Å². The number of benzene rings is 2. The van der Waals surface area contributed by atoms with Gasteiger partial charge in [-0.25, -0.2) is 4.98 Å². The fourth-order valence-electron chi connectivity index (χ4n) is 6.96. The van der Waals surface area contributed by atoms with Gasteiger partial charge >= 0.3 is 0 Å². The molecule has 2 aromatic carbocycles. The van der Waals surface area contributed by atoms with Crippen LogP contribution in [0.5, 0.6) is 0 Å². The van der Waals surface area contributed by atoms with Crippen LogP contribution in [0.2, 0.25) is 0 Å². The number of likely N-dealkylation sites (tertiary alicyclic amines) is 1. The second-order valence-electron chi connectivity index (χ2n) is 11.9. The van der Waals surface area contributed by atoms with Crippen LogP contribution in [0.1, 0.15) is 68.7 Å².